The first-order valence-corrected chi connectivity index (χ1v) is 10.6. The highest BCUT2D eigenvalue weighted by Gasteiger charge is 2.26. The zero-order valence-corrected chi connectivity index (χ0v) is 19.7. The van der Waals surface area contributed by atoms with Crippen LogP contribution < -0.4 is 10.6 Å². The van der Waals surface area contributed by atoms with E-state index in [1.807, 2.05) is 4.90 Å². The predicted octanol–water partition coefficient (Wildman–Crippen LogP) is 3.01. The lowest BCUT2D eigenvalue weighted by Crippen LogP contribution is -2.50. The van der Waals surface area contributed by atoms with Gasteiger partial charge >= 0.3 is 0 Å². The van der Waals surface area contributed by atoms with Crippen LogP contribution in [0.15, 0.2) is 4.99 Å². The highest BCUT2D eigenvalue weighted by Crippen LogP contribution is 2.28. The van der Waals surface area contributed by atoms with Crippen molar-refractivity contribution in [3.63, 3.8) is 0 Å². The van der Waals surface area contributed by atoms with Gasteiger partial charge in [-0.05, 0) is 51.4 Å². The normalized spacial score (nSPS) is 18.4. The third kappa shape index (κ3) is 8.98. The van der Waals surface area contributed by atoms with E-state index in [0.29, 0.717) is 25.1 Å². The molecule has 0 radical (unpaired) electrons. The summed E-state index contributed by atoms with van der Waals surface area (Å²) in [5.74, 6) is 2.20. The Morgan fingerprint density at radius 3 is 2.37 bits per heavy atom. The molecule has 1 saturated heterocycles. The van der Waals surface area contributed by atoms with Gasteiger partial charge < -0.3 is 20.3 Å². The molecule has 0 atom stereocenters. The zero-order valence-electron chi connectivity index (χ0n) is 17.3. The van der Waals surface area contributed by atoms with E-state index in [9.17, 15) is 4.79 Å². The smallest absolute Gasteiger partial charge is 0.225 e. The van der Waals surface area contributed by atoms with Crippen LogP contribution in [0, 0.1) is 11.8 Å². The molecule has 0 spiro atoms. The highest BCUT2D eigenvalue weighted by molar-refractivity contribution is 14.0. The maximum absolute atomic E-state index is 12.5. The van der Waals surface area contributed by atoms with Crippen molar-refractivity contribution in [1.82, 2.24) is 15.5 Å². The van der Waals surface area contributed by atoms with Gasteiger partial charge in [0.2, 0.25) is 5.91 Å². The summed E-state index contributed by atoms with van der Waals surface area (Å²) < 4.78 is 5.65. The lowest BCUT2D eigenvalue weighted by atomic mass is 9.98. The Bertz CT molecular complexity index is 445. The molecule has 6 nitrogen and oxygen atoms in total. The summed E-state index contributed by atoms with van der Waals surface area (Å²) in [6.45, 7) is 11.1. The Morgan fingerprint density at radius 1 is 1.15 bits per heavy atom. The minimum atomic E-state index is 0. The maximum atomic E-state index is 12.5. The monoisotopic (exact) mass is 494 g/mol. The predicted molar refractivity (Wildman–Crippen MR) is 122 cm³/mol. The first-order chi connectivity index (χ1) is 12.7. The molecular weight excluding hydrogens is 455 g/mol. The van der Waals surface area contributed by atoms with Gasteiger partial charge in [0.25, 0.3) is 0 Å². The maximum Gasteiger partial charge on any atom is 0.225 e. The number of piperidine rings is 1. The van der Waals surface area contributed by atoms with E-state index in [0.717, 1.165) is 63.8 Å². The summed E-state index contributed by atoms with van der Waals surface area (Å²) in [6, 6.07) is 0.380. The quantitative estimate of drug-likeness (QED) is 0.212. The second-order valence-electron chi connectivity index (χ2n) is 7.54. The Morgan fingerprint density at radius 2 is 1.81 bits per heavy atom. The Hall–Kier alpha value is -0.570. The Labute approximate surface area is 182 Å². The summed E-state index contributed by atoms with van der Waals surface area (Å²) in [5.41, 5.74) is 0. The molecule has 0 aromatic rings. The lowest BCUT2D eigenvalue weighted by Gasteiger charge is -2.34. The van der Waals surface area contributed by atoms with E-state index in [1.54, 1.807) is 0 Å². The van der Waals surface area contributed by atoms with Crippen LogP contribution in [-0.4, -0.2) is 62.2 Å². The molecular formula is C20H39IN4O2. The number of amides is 1. The first kappa shape index (κ1) is 24.5. The van der Waals surface area contributed by atoms with Crippen LogP contribution >= 0.6 is 24.0 Å². The Balaban J connectivity index is 0.00000364. The number of nitrogens with zero attached hydrogens (tertiary/aromatic N) is 2. The molecule has 158 valence electrons. The zero-order chi connectivity index (χ0) is 18.8. The number of halogens is 1. The van der Waals surface area contributed by atoms with Crippen LogP contribution in [0.3, 0.4) is 0 Å². The molecule has 0 bridgehead atoms. The molecule has 2 fully saturated rings. The van der Waals surface area contributed by atoms with Gasteiger partial charge in [0.05, 0.1) is 13.2 Å². The van der Waals surface area contributed by atoms with Crippen molar-refractivity contribution in [3.8, 4) is 0 Å². The van der Waals surface area contributed by atoms with Gasteiger partial charge in [-0.1, -0.05) is 13.8 Å². The molecule has 1 heterocycles. The van der Waals surface area contributed by atoms with Crippen molar-refractivity contribution < 1.29 is 9.53 Å². The van der Waals surface area contributed by atoms with Crippen molar-refractivity contribution in [2.24, 2.45) is 16.8 Å². The van der Waals surface area contributed by atoms with Crippen molar-refractivity contribution in [2.75, 3.05) is 39.4 Å². The molecule has 0 aromatic carbocycles. The second-order valence-corrected chi connectivity index (χ2v) is 7.54. The van der Waals surface area contributed by atoms with Gasteiger partial charge in [-0.3, -0.25) is 9.79 Å². The van der Waals surface area contributed by atoms with Crippen molar-refractivity contribution in [1.29, 1.82) is 0 Å². The Kier molecular flexibility index (Phi) is 12.3. The SMILES string of the molecule is CCNC(=NCCOCC1CC1)NC1CCN(C(=O)C(CC)CC)CC1.I. The molecule has 2 rings (SSSR count). The summed E-state index contributed by atoms with van der Waals surface area (Å²) >= 11 is 0. The van der Waals surface area contributed by atoms with E-state index >= 15 is 0 Å². The summed E-state index contributed by atoms with van der Waals surface area (Å²) in [7, 11) is 0. The van der Waals surface area contributed by atoms with Gasteiger partial charge in [-0.25, -0.2) is 0 Å². The number of aliphatic imine (C=N–C) groups is 1. The van der Waals surface area contributed by atoms with Gasteiger partial charge in [-0.15, -0.1) is 24.0 Å². The van der Waals surface area contributed by atoms with Gasteiger partial charge in [0, 0.05) is 38.2 Å². The van der Waals surface area contributed by atoms with Crippen LogP contribution in [0.5, 0.6) is 0 Å². The first-order valence-electron chi connectivity index (χ1n) is 10.6. The van der Waals surface area contributed by atoms with Crippen LogP contribution in [-0.2, 0) is 9.53 Å². The lowest BCUT2D eigenvalue weighted by molar-refractivity contribution is -0.136. The highest BCUT2D eigenvalue weighted by atomic mass is 127. The molecule has 0 aromatic heterocycles. The molecule has 1 amide bonds. The van der Waals surface area contributed by atoms with Gasteiger partial charge in [0.15, 0.2) is 5.96 Å². The molecule has 0 unspecified atom stereocenters. The molecule has 2 N–H and O–H groups in total. The number of likely N-dealkylation sites (tertiary alicyclic amines) is 1. The minimum Gasteiger partial charge on any atom is -0.379 e. The molecule has 1 saturated carbocycles. The van der Waals surface area contributed by atoms with Crippen LogP contribution in [0.25, 0.3) is 0 Å². The third-order valence-corrected chi connectivity index (χ3v) is 5.38. The van der Waals surface area contributed by atoms with E-state index in [-0.39, 0.29) is 29.9 Å². The molecule has 7 heteroatoms. The molecule has 27 heavy (non-hydrogen) atoms. The van der Waals surface area contributed by atoms with Crippen molar-refractivity contribution in [2.45, 2.75) is 65.3 Å². The fourth-order valence-corrected chi connectivity index (χ4v) is 3.41. The number of hydrogen-bond acceptors (Lipinski definition) is 3. The summed E-state index contributed by atoms with van der Waals surface area (Å²) in [6.07, 6.45) is 6.49. The summed E-state index contributed by atoms with van der Waals surface area (Å²) in [4.78, 5) is 19.2. The van der Waals surface area contributed by atoms with E-state index in [1.165, 1.54) is 12.8 Å². The molecule has 1 aliphatic heterocycles. The van der Waals surface area contributed by atoms with E-state index in [2.05, 4.69) is 36.4 Å². The van der Waals surface area contributed by atoms with Crippen molar-refractivity contribution in [3.05, 3.63) is 0 Å². The molecule has 2 aliphatic rings. The van der Waals surface area contributed by atoms with Gasteiger partial charge in [-0.2, -0.15) is 0 Å². The fourth-order valence-electron chi connectivity index (χ4n) is 3.41. The number of carbonyl (C=O) groups is 1. The minimum absolute atomic E-state index is 0. The largest absolute Gasteiger partial charge is 0.379 e. The standard InChI is InChI=1S/C20H38N4O2.HI/c1-4-17(5-2)19(25)24-12-9-18(10-13-24)23-20(21-6-3)22-11-14-26-15-16-7-8-16;/h16-18H,4-15H2,1-3H3,(H2,21,22,23);1H. The average molecular weight is 494 g/mol. The number of carbonyl (C=O) groups excluding carboxylic acids is 1. The topological polar surface area (TPSA) is 66.0 Å². The number of hydrogen-bond donors (Lipinski definition) is 2. The number of nitrogens with one attached hydrogen (secondary N) is 2. The van der Waals surface area contributed by atoms with E-state index < -0.39 is 0 Å². The number of guanidine groups is 1. The fraction of sp³-hybridized carbons (Fsp3) is 0.900. The van der Waals surface area contributed by atoms with Crippen LogP contribution in [0.1, 0.15) is 59.3 Å². The molecule has 1 aliphatic carbocycles. The third-order valence-electron chi connectivity index (χ3n) is 5.38. The number of ether oxygens (including phenoxy) is 1. The van der Waals surface area contributed by atoms with Crippen LogP contribution in [0.2, 0.25) is 0 Å². The average Bonchev–Trinajstić information content (AvgIpc) is 3.47. The number of rotatable bonds is 10. The second kappa shape index (κ2) is 13.6. The van der Waals surface area contributed by atoms with Gasteiger partial charge in [0.1, 0.15) is 0 Å². The van der Waals surface area contributed by atoms with Crippen LogP contribution in [0.4, 0.5) is 0 Å². The van der Waals surface area contributed by atoms with E-state index in [4.69, 9.17) is 4.74 Å². The summed E-state index contributed by atoms with van der Waals surface area (Å²) in [5, 5.41) is 6.85. The van der Waals surface area contributed by atoms with Crippen molar-refractivity contribution >= 4 is 35.8 Å².